The van der Waals surface area contributed by atoms with Gasteiger partial charge in [-0.1, -0.05) is 37.3 Å². The maximum absolute atomic E-state index is 12.9. The van der Waals surface area contributed by atoms with Gasteiger partial charge in [0.05, 0.1) is 6.61 Å². The highest BCUT2D eigenvalue weighted by molar-refractivity contribution is 5.94. The summed E-state index contributed by atoms with van der Waals surface area (Å²) >= 11 is 0. The van der Waals surface area contributed by atoms with Crippen molar-refractivity contribution in [1.82, 2.24) is 5.32 Å². The van der Waals surface area contributed by atoms with Crippen LogP contribution < -0.4 is 5.32 Å². The highest BCUT2D eigenvalue weighted by atomic mass is 19.1. The zero-order valence-electron chi connectivity index (χ0n) is 12.6. The van der Waals surface area contributed by atoms with Crippen molar-refractivity contribution in [2.24, 2.45) is 5.41 Å². The molecule has 1 atom stereocenters. The summed E-state index contributed by atoms with van der Waals surface area (Å²) in [5, 5.41) is 12.5. The minimum atomic E-state index is -0.447. The maximum atomic E-state index is 12.9. The van der Waals surface area contributed by atoms with Crippen LogP contribution in [0.1, 0.15) is 22.8 Å². The monoisotopic (exact) mass is 301 g/mol. The standard InChI is InChI=1S/C18H20FNO2/c1-18(13-21,11-14-5-3-2-4-6-14)12-20-17(22)15-7-9-16(19)10-8-15/h2-10,21H,11-13H2,1H3,(H,20,22)/t18-/m0/s1. The third-order valence-electron chi connectivity index (χ3n) is 3.64. The summed E-state index contributed by atoms with van der Waals surface area (Å²) in [6, 6.07) is 15.2. The molecule has 116 valence electrons. The molecule has 0 aliphatic rings. The van der Waals surface area contributed by atoms with E-state index in [9.17, 15) is 14.3 Å². The van der Waals surface area contributed by atoms with Crippen LogP contribution in [0.2, 0.25) is 0 Å². The van der Waals surface area contributed by atoms with Crippen molar-refractivity contribution < 1.29 is 14.3 Å². The number of nitrogens with one attached hydrogen (secondary N) is 1. The van der Waals surface area contributed by atoms with Gasteiger partial charge in [0, 0.05) is 17.5 Å². The van der Waals surface area contributed by atoms with Gasteiger partial charge in [0.15, 0.2) is 0 Å². The second kappa shape index (κ2) is 7.18. The first-order valence-electron chi connectivity index (χ1n) is 7.21. The van der Waals surface area contributed by atoms with Gasteiger partial charge in [-0.3, -0.25) is 4.79 Å². The van der Waals surface area contributed by atoms with E-state index in [4.69, 9.17) is 0 Å². The lowest BCUT2D eigenvalue weighted by Gasteiger charge is -2.27. The Morgan fingerprint density at radius 2 is 1.77 bits per heavy atom. The van der Waals surface area contributed by atoms with E-state index in [1.165, 1.54) is 24.3 Å². The van der Waals surface area contributed by atoms with Crippen LogP contribution >= 0.6 is 0 Å². The summed E-state index contributed by atoms with van der Waals surface area (Å²) in [5.41, 5.74) is 1.06. The van der Waals surface area contributed by atoms with Gasteiger partial charge in [-0.15, -0.1) is 0 Å². The van der Waals surface area contributed by atoms with Crippen LogP contribution in [0.3, 0.4) is 0 Å². The Morgan fingerprint density at radius 3 is 2.36 bits per heavy atom. The van der Waals surface area contributed by atoms with E-state index in [0.29, 0.717) is 18.5 Å². The lowest BCUT2D eigenvalue weighted by atomic mass is 9.84. The third kappa shape index (κ3) is 4.40. The predicted octanol–water partition coefficient (Wildman–Crippen LogP) is 2.80. The topological polar surface area (TPSA) is 49.3 Å². The molecule has 0 saturated carbocycles. The molecular formula is C18H20FNO2. The molecule has 4 heteroatoms. The zero-order valence-corrected chi connectivity index (χ0v) is 12.6. The maximum Gasteiger partial charge on any atom is 0.251 e. The molecule has 0 radical (unpaired) electrons. The molecule has 0 heterocycles. The molecule has 2 aromatic rings. The van der Waals surface area contributed by atoms with Crippen LogP contribution in [0.15, 0.2) is 54.6 Å². The van der Waals surface area contributed by atoms with E-state index in [1.54, 1.807) is 0 Å². The number of hydrogen-bond acceptors (Lipinski definition) is 2. The largest absolute Gasteiger partial charge is 0.396 e. The van der Waals surface area contributed by atoms with Crippen LogP contribution in [0.25, 0.3) is 0 Å². The van der Waals surface area contributed by atoms with Crippen LogP contribution in [0, 0.1) is 11.2 Å². The van der Waals surface area contributed by atoms with E-state index in [1.807, 2.05) is 37.3 Å². The molecule has 0 aliphatic heterocycles. The van der Waals surface area contributed by atoms with Gasteiger partial charge < -0.3 is 10.4 Å². The van der Waals surface area contributed by atoms with Crippen LogP contribution in [-0.2, 0) is 6.42 Å². The Hall–Kier alpha value is -2.20. The highest BCUT2D eigenvalue weighted by Crippen LogP contribution is 2.21. The van der Waals surface area contributed by atoms with Crippen molar-refractivity contribution in [3.05, 3.63) is 71.5 Å². The highest BCUT2D eigenvalue weighted by Gasteiger charge is 2.25. The van der Waals surface area contributed by atoms with Gasteiger partial charge >= 0.3 is 0 Å². The quantitative estimate of drug-likeness (QED) is 0.862. The van der Waals surface area contributed by atoms with E-state index in [2.05, 4.69) is 5.32 Å². The van der Waals surface area contributed by atoms with Gasteiger partial charge in [-0.25, -0.2) is 4.39 Å². The van der Waals surface area contributed by atoms with Gasteiger partial charge in [-0.05, 0) is 36.2 Å². The molecule has 0 fully saturated rings. The van der Waals surface area contributed by atoms with Crippen molar-refractivity contribution in [1.29, 1.82) is 0 Å². The van der Waals surface area contributed by atoms with Gasteiger partial charge in [0.2, 0.25) is 0 Å². The van der Waals surface area contributed by atoms with Gasteiger partial charge in [-0.2, -0.15) is 0 Å². The van der Waals surface area contributed by atoms with Crippen molar-refractivity contribution >= 4 is 5.91 Å². The minimum Gasteiger partial charge on any atom is -0.396 e. The third-order valence-corrected chi connectivity index (χ3v) is 3.64. The molecule has 2 N–H and O–H groups in total. The predicted molar refractivity (Wildman–Crippen MR) is 84.1 cm³/mol. The zero-order chi connectivity index (χ0) is 16.0. The molecule has 0 bridgehead atoms. The fourth-order valence-electron chi connectivity index (χ4n) is 2.26. The minimum absolute atomic E-state index is 0.0361. The Bertz CT molecular complexity index is 613. The van der Waals surface area contributed by atoms with Gasteiger partial charge in [0.25, 0.3) is 5.91 Å². The van der Waals surface area contributed by atoms with Crippen LogP contribution in [-0.4, -0.2) is 24.2 Å². The number of carbonyl (C=O) groups is 1. The number of aliphatic hydroxyl groups excluding tert-OH is 1. The summed E-state index contributed by atoms with van der Waals surface area (Å²) in [7, 11) is 0. The number of halogens is 1. The number of benzene rings is 2. The van der Waals surface area contributed by atoms with E-state index < -0.39 is 5.41 Å². The van der Waals surface area contributed by atoms with Crippen LogP contribution in [0.5, 0.6) is 0 Å². The summed E-state index contributed by atoms with van der Waals surface area (Å²) in [4.78, 5) is 12.1. The Labute approximate surface area is 129 Å². The Balaban J connectivity index is 1.97. The van der Waals surface area contributed by atoms with Crippen molar-refractivity contribution in [2.45, 2.75) is 13.3 Å². The average Bonchev–Trinajstić information content (AvgIpc) is 2.54. The SMILES string of the molecule is C[C@@](CO)(CNC(=O)c1ccc(F)cc1)Cc1ccccc1. The number of amides is 1. The second-order valence-corrected chi connectivity index (χ2v) is 5.82. The molecule has 0 spiro atoms. The Kier molecular flexibility index (Phi) is 5.28. The summed E-state index contributed by atoms with van der Waals surface area (Å²) < 4.78 is 12.9. The lowest BCUT2D eigenvalue weighted by Crippen LogP contribution is -2.39. The molecule has 2 rings (SSSR count). The van der Waals surface area contributed by atoms with Crippen LogP contribution in [0.4, 0.5) is 4.39 Å². The molecule has 22 heavy (non-hydrogen) atoms. The number of rotatable bonds is 6. The summed E-state index contributed by atoms with van der Waals surface area (Å²) in [5.74, 6) is -0.645. The molecular weight excluding hydrogens is 281 g/mol. The molecule has 0 aromatic heterocycles. The summed E-state index contributed by atoms with van der Waals surface area (Å²) in [6.45, 7) is 2.23. The van der Waals surface area contributed by atoms with Crippen molar-refractivity contribution in [2.75, 3.05) is 13.2 Å². The first kappa shape index (κ1) is 16.2. The number of hydrogen-bond donors (Lipinski definition) is 2. The smallest absolute Gasteiger partial charge is 0.251 e. The normalized spacial score (nSPS) is 13.4. The molecule has 0 unspecified atom stereocenters. The average molecular weight is 301 g/mol. The molecule has 2 aromatic carbocycles. The molecule has 3 nitrogen and oxygen atoms in total. The molecule has 0 aliphatic carbocycles. The number of aliphatic hydroxyl groups is 1. The number of carbonyl (C=O) groups excluding carboxylic acids is 1. The fourth-order valence-corrected chi connectivity index (χ4v) is 2.26. The van der Waals surface area contributed by atoms with Crippen molar-refractivity contribution in [3.63, 3.8) is 0 Å². The Morgan fingerprint density at radius 1 is 1.14 bits per heavy atom. The fraction of sp³-hybridized carbons (Fsp3) is 0.278. The van der Waals surface area contributed by atoms with Gasteiger partial charge in [0.1, 0.15) is 5.82 Å². The summed E-state index contributed by atoms with van der Waals surface area (Å²) in [6.07, 6.45) is 0.661. The van der Waals surface area contributed by atoms with E-state index >= 15 is 0 Å². The first-order valence-corrected chi connectivity index (χ1v) is 7.21. The van der Waals surface area contributed by atoms with Crippen molar-refractivity contribution in [3.8, 4) is 0 Å². The van der Waals surface area contributed by atoms with E-state index in [0.717, 1.165) is 5.56 Å². The molecule has 0 saturated heterocycles. The molecule has 1 amide bonds. The lowest BCUT2D eigenvalue weighted by molar-refractivity contribution is 0.0895. The first-order chi connectivity index (χ1) is 10.5. The second-order valence-electron chi connectivity index (χ2n) is 5.82. The van der Waals surface area contributed by atoms with E-state index in [-0.39, 0.29) is 18.3 Å².